The molecule has 18 heavy (non-hydrogen) atoms. The maximum atomic E-state index is 11.6. The van der Waals surface area contributed by atoms with E-state index >= 15 is 0 Å². The molecule has 0 radical (unpaired) electrons. The molecule has 100 valence electrons. The van der Waals surface area contributed by atoms with Crippen LogP contribution in [0.4, 0.5) is 0 Å². The number of benzene rings is 1. The molecule has 0 saturated carbocycles. The van der Waals surface area contributed by atoms with E-state index in [9.17, 15) is 8.42 Å². The predicted octanol–water partition coefficient (Wildman–Crippen LogP) is 1.97. The van der Waals surface area contributed by atoms with Crippen molar-refractivity contribution in [2.75, 3.05) is 11.5 Å². The maximum absolute atomic E-state index is 11.6. The van der Waals surface area contributed by atoms with Gasteiger partial charge in [-0.3, -0.25) is 0 Å². The molecule has 1 aliphatic rings. The first-order chi connectivity index (χ1) is 8.46. The lowest BCUT2D eigenvalue weighted by molar-refractivity contribution is 0.479. The van der Waals surface area contributed by atoms with Gasteiger partial charge in [-0.15, -0.1) is 0 Å². The molecule has 0 spiro atoms. The Hall–Kier alpha value is -0.870. The number of rotatable bonds is 3. The van der Waals surface area contributed by atoms with Gasteiger partial charge in [-0.2, -0.15) is 0 Å². The Kier molecular flexibility index (Phi) is 4.07. The third-order valence-electron chi connectivity index (χ3n) is 3.55. The molecule has 1 N–H and O–H groups in total. The first-order valence-electron chi connectivity index (χ1n) is 6.46. The molecule has 1 heterocycles. The lowest BCUT2D eigenvalue weighted by atomic mass is 10.1. The molecule has 1 unspecified atom stereocenters. The number of hydrogen-bond donors (Lipinski definition) is 1. The Morgan fingerprint density at radius 1 is 1.33 bits per heavy atom. The fraction of sp³-hybridized carbons (Fsp3) is 0.571. The van der Waals surface area contributed by atoms with Crippen LogP contribution in [-0.4, -0.2) is 26.0 Å². The quantitative estimate of drug-likeness (QED) is 0.911. The maximum Gasteiger partial charge on any atom is 0.151 e. The van der Waals surface area contributed by atoms with Gasteiger partial charge in [-0.25, -0.2) is 8.42 Å². The van der Waals surface area contributed by atoms with Gasteiger partial charge in [0, 0.05) is 12.6 Å². The second-order valence-electron chi connectivity index (χ2n) is 5.26. The highest BCUT2D eigenvalue weighted by atomic mass is 32.2. The van der Waals surface area contributed by atoms with Crippen molar-refractivity contribution in [1.82, 2.24) is 5.32 Å². The molecule has 0 aromatic heterocycles. The third-order valence-corrected chi connectivity index (χ3v) is 5.37. The minimum Gasteiger partial charge on any atom is -0.309 e. The van der Waals surface area contributed by atoms with Gasteiger partial charge in [0.1, 0.15) is 0 Å². The van der Waals surface area contributed by atoms with Crippen LogP contribution in [-0.2, 0) is 16.4 Å². The molecule has 0 amide bonds. The molecular weight excluding hydrogens is 246 g/mol. The van der Waals surface area contributed by atoms with Gasteiger partial charge >= 0.3 is 0 Å². The highest BCUT2D eigenvalue weighted by Gasteiger charge is 2.24. The SMILES string of the molecule is Cc1ccc(C)c(CNC2CCCS(=O)(=O)C2)c1. The first kappa shape index (κ1) is 13.6. The molecule has 1 fully saturated rings. The molecule has 1 aromatic rings. The van der Waals surface area contributed by atoms with Crippen molar-refractivity contribution < 1.29 is 8.42 Å². The van der Waals surface area contributed by atoms with Gasteiger partial charge in [0.25, 0.3) is 0 Å². The van der Waals surface area contributed by atoms with E-state index in [-0.39, 0.29) is 11.8 Å². The molecule has 0 aliphatic carbocycles. The second-order valence-corrected chi connectivity index (χ2v) is 7.49. The predicted molar refractivity (Wildman–Crippen MR) is 74.4 cm³/mol. The number of aryl methyl sites for hydroxylation is 2. The van der Waals surface area contributed by atoms with Gasteiger partial charge in [-0.1, -0.05) is 23.8 Å². The third kappa shape index (κ3) is 3.56. The van der Waals surface area contributed by atoms with Crippen molar-refractivity contribution >= 4 is 9.84 Å². The monoisotopic (exact) mass is 267 g/mol. The molecule has 2 rings (SSSR count). The Morgan fingerprint density at radius 3 is 2.83 bits per heavy atom. The van der Waals surface area contributed by atoms with Crippen molar-refractivity contribution in [2.45, 2.75) is 39.3 Å². The van der Waals surface area contributed by atoms with Crippen LogP contribution < -0.4 is 5.32 Å². The van der Waals surface area contributed by atoms with Crippen LogP contribution in [0.3, 0.4) is 0 Å². The molecule has 3 nitrogen and oxygen atoms in total. The number of sulfone groups is 1. The standard InChI is InChI=1S/C14H21NO2S/c1-11-5-6-12(2)13(8-11)9-15-14-4-3-7-18(16,17)10-14/h5-6,8,14-15H,3-4,7,9-10H2,1-2H3. The minimum atomic E-state index is -2.82. The molecule has 4 heteroatoms. The lowest BCUT2D eigenvalue weighted by Gasteiger charge is -2.23. The summed E-state index contributed by atoms with van der Waals surface area (Å²) in [6, 6.07) is 6.50. The van der Waals surface area contributed by atoms with E-state index in [0.29, 0.717) is 5.75 Å². The van der Waals surface area contributed by atoms with Crippen LogP contribution in [0.25, 0.3) is 0 Å². The van der Waals surface area contributed by atoms with Crippen molar-refractivity contribution in [2.24, 2.45) is 0 Å². The highest BCUT2D eigenvalue weighted by molar-refractivity contribution is 7.91. The van der Waals surface area contributed by atoms with E-state index in [2.05, 4.69) is 37.4 Å². The summed E-state index contributed by atoms with van der Waals surface area (Å²) >= 11 is 0. The van der Waals surface area contributed by atoms with Crippen molar-refractivity contribution in [1.29, 1.82) is 0 Å². The summed E-state index contributed by atoms with van der Waals surface area (Å²) < 4.78 is 23.1. The summed E-state index contributed by atoms with van der Waals surface area (Å²) in [4.78, 5) is 0. The Bertz CT molecular complexity index is 523. The van der Waals surface area contributed by atoms with E-state index in [4.69, 9.17) is 0 Å². The largest absolute Gasteiger partial charge is 0.309 e. The summed E-state index contributed by atoms with van der Waals surface area (Å²) in [7, 11) is -2.82. The molecule has 1 aliphatic heterocycles. The van der Waals surface area contributed by atoms with Gasteiger partial charge < -0.3 is 5.32 Å². The zero-order valence-corrected chi connectivity index (χ0v) is 11.9. The first-order valence-corrected chi connectivity index (χ1v) is 8.28. The lowest BCUT2D eigenvalue weighted by Crippen LogP contribution is -2.39. The Labute approximate surface area is 110 Å². The van der Waals surface area contributed by atoms with Gasteiger partial charge in [0.15, 0.2) is 9.84 Å². The molecule has 1 aromatic carbocycles. The van der Waals surface area contributed by atoms with Crippen LogP contribution in [0.1, 0.15) is 29.5 Å². The molecule has 1 saturated heterocycles. The van der Waals surface area contributed by atoms with E-state index in [1.807, 2.05) is 0 Å². The fourth-order valence-corrected chi connectivity index (χ4v) is 4.10. The number of nitrogens with one attached hydrogen (secondary N) is 1. The molecular formula is C14H21NO2S. The van der Waals surface area contributed by atoms with Crippen LogP contribution in [0.2, 0.25) is 0 Å². The highest BCUT2D eigenvalue weighted by Crippen LogP contribution is 2.14. The van der Waals surface area contributed by atoms with Gasteiger partial charge in [-0.05, 0) is 37.8 Å². The minimum absolute atomic E-state index is 0.115. The number of hydrogen-bond acceptors (Lipinski definition) is 3. The molecule has 0 bridgehead atoms. The van der Waals surface area contributed by atoms with Crippen molar-refractivity contribution in [3.63, 3.8) is 0 Å². The summed E-state index contributed by atoms with van der Waals surface area (Å²) in [6.45, 7) is 4.93. The average molecular weight is 267 g/mol. The smallest absolute Gasteiger partial charge is 0.151 e. The second kappa shape index (κ2) is 5.41. The summed E-state index contributed by atoms with van der Waals surface area (Å²) in [5.74, 6) is 0.645. The normalized spacial score (nSPS) is 22.9. The topological polar surface area (TPSA) is 46.2 Å². The van der Waals surface area contributed by atoms with E-state index in [1.54, 1.807) is 0 Å². The Morgan fingerprint density at radius 2 is 2.11 bits per heavy atom. The van der Waals surface area contributed by atoms with Gasteiger partial charge in [0.2, 0.25) is 0 Å². The summed E-state index contributed by atoms with van der Waals surface area (Å²) in [5, 5.41) is 3.38. The van der Waals surface area contributed by atoms with Crippen LogP contribution >= 0.6 is 0 Å². The zero-order chi connectivity index (χ0) is 13.2. The van der Waals surface area contributed by atoms with E-state index in [0.717, 1.165) is 19.4 Å². The van der Waals surface area contributed by atoms with Crippen LogP contribution in [0, 0.1) is 13.8 Å². The van der Waals surface area contributed by atoms with Crippen LogP contribution in [0.5, 0.6) is 0 Å². The molecule has 1 atom stereocenters. The average Bonchev–Trinajstić information content (AvgIpc) is 2.29. The summed E-state index contributed by atoms with van der Waals surface area (Å²) in [6.07, 6.45) is 1.75. The van der Waals surface area contributed by atoms with Crippen LogP contribution in [0.15, 0.2) is 18.2 Å². The van der Waals surface area contributed by atoms with Crippen molar-refractivity contribution in [3.8, 4) is 0 Å². The van der Waals surface area contributed by atoms with E-state index < -0.39 is 9.84 Å². The zero-order valence-electron chi connectivity index (χ0n) is 11.1. The summed E-state index contributed by atoms with van der Waals surface area (Å²) in [5.41, 5.74) is 3.76. The fourth-order valence-electron chi connectivity index (χ4n) is 2.43. The van der Waals surface area contributed by atoms with Gasteiger partial charge in [0.05, 0.1) is 11.5 Å². The van der Waals surface area contributed by atoms with E-state index in [1.165, 1.54) is 16.7 Å². The Balaban J connectivity index is 1.97. The van der Waals surface area contributed by atoms with Crippen molar-refractivity contribution in [3.05, 3.63) is 34.9 Å².